The molecule has 0 spiro atoms. The lowest BCUT2D eigenvalue weighted by molar-refractivity contribution is -0.136. The van der Waals surface area contributed by atoms with E-state index in [0.717, 1.165) is 19.3 Å². The third-order valence-electron chi connectivity index (χ3n) is 4.11. The van der Waals surface area contributed by atoms with Crippen LogP contribution in [0.5, 0.6) is 0 Å². The Labute approximate surface area is 157 Å². The number of hydrogen-bond acceptors (Lipinski definition) is 5. The van der Waals surface area contributed by atoms with E-state index in [0.29, 0.717) is 29.9 Å². The number of unbranched alkanes of at least 4 members (excludes halogenated alkanes) is 2. The van der Waals surface area contributed by atoms with Gasteiger partial charge in [-0.05, 0) is 26.7 Å². The molecule has 2 heterocycles. The summed E-state index contributed by atoms with van der Waals surface area (Å²) in [6, 6.07) is 1.60. The number of anilines is 1. The molecule has 9 nitrogen and oxygen atoms in total. The zero-order valence-electron chi connectivity index (χ0n) is 16.2. The van der Waals surface area contributed by atoms with Crippen molar-refractivity contribution in [1.82, 2.24) is 25.1 Å². The number of hydrogen-bond donors (Lipinski definition) is 3. The third-order valence-corrected chi connectivity index (χ3v) is 4.11. The first-order chi connectivity index (χ1) is 12.9. The fourth-order valence-corrected chi connectivity index (χ4v) is 2.69. The maximum Gasteiger partial charge on any atom is 0.314 e. The second-order valence-electron chi connectivity index (χ2n) is 6.31. The quantitative estimate of drug-likeness (QED) is 0.499. The molecule has 2 aromatic rings. The highest BCUT2D eigenvalue weighted by Gasteiger charge is 2.18. The van der Waals surface area contributed by atoms with Crippen LogP contribution in [0.25, 0.3) is 5.95 Å². The average Bonchev–Trinajstić information content (AvgIpc) is 2.98. The zero-order chi connectivity index (χ0) is 20.0. The van der Waals surface area contributed by atoms with Crippen molar-refractivity contribution in [3.63, 3.8) is 0 Å². The Morgan fingerprint density at radius 3 is 2.56 bits per heavy atom. The van der Waals surface area contributed by atoms with Gasteiger partial charge in [-0.25, -0.2) is 4.98 Å². The zero-order valence-corrected chi connectivity index (χ0v) is 16.2. The lowest BCUT2D eigenvalue weighted by Crippen LogP contribution is -2.36. The summed E-state index contributed by atoms with van der Waals surface area (Å²) < 4.78 is 1.31. The number of nitrogens with one attached hydrogen (secondary N) is 3. The van der Waals surface area contributed by atoms with E-state index >= 15 is 0 Å². The number of amides is 2. The Bertz CT molecular complexity index is 884. The highest BCUT2D eigenvalue weighted by atomic mass is 16.2. The van der Waals surface area contributed by atoms with E-state index in [1.165, 1.54) is 4.68 Å². The van der Waals surface area contributed by atoms with Crippen molar-refractivity contribution in [2.24, 2.45) is 0 Å². The lowest BCUT2D eigenvalue weighted by Gasteiger charge is -2.10. The predicted molar refractivity (Wildman–Crippen MR) is 102 cm³/mol. The lowest BCUT2D eigenvalue weighted by atomic mass is 10.2. The molecule has 0 aliphatic heterocycles. The van der Waals surface area contributed by atoms with Crippen molar-refractivity contribution in [1.29, 1.82) is 0 Å². The van der Waals surface area contributed by atoms with E-state index in [2.05, 4.69) is 32.6 Å². The molecule has 0 atom stereocenters. The number of aryl methyl sites for hydroxylation is 2. The monoisotopic (exact) mass is 374 g/mol. The van der Waals surface area contributed by atoms with Crippen molar-refractivity contribution >= 4 is 17.6 Å². The highest BCUT2D eigenvalue weighted by molar-refractivity contribution is 6.39. The molecule has 27 heavy (non-hydrogen) atoms. The van der Waals surface area contributed by atoms with Crippen molar-refractivity contribution in [2.45, 2.75) is 53.4 Å². The number of rotatable bonds is 7. The van der Waals surface area contributed by atoms with Crippen molar-refractivity contribution in [2.75, 3.05) is 11.9 Å². The molecular weight excluding hydrogens is 348 g/mol. The second-order valence-corrected chi connectivity index (χ2v) is 6.31. The summed E-state index contributed by atoms with van der Waals surface area (Å²) in [7, 11) is 0. The molecule has 0 aliphatic rings. The highest BCUT2D eigenvalue weighted by Crippen LogP contribution is 2.14. The molecule has 9 heteroatoms. The van der Waals surface area contributed by atoms with E-state index < -0.39 is 11.8 Å². The summed E-state index contributed by atoms with van der Waals surface area (Å²) in [5.74, 6) is -1.07. The van der Waals surface area contributed by atoms with Gasteiger partial charge in [0.25, 0.3) is 5.56 Å². The summed E-state index contributed by atoms with van der Waals surface area (Å²) in [5.41, 5.74) is 1.54. The van der Waals surface area contributed by atoms with Gasteiger partial charge in [0.2, 0.25) is 5.95 Å². The van der Waals surface area contributed by atoms with Crippen molar-refractivity contribution in [3.05, 3.63) is 33.4 Å². The number of aromatic amines is 1. The Hall–Kier alpha value is -2.97. The standard InChI is InChI=1S/C18H26N6O3/c1-5-7-8-9-19-16(26)17(27)21-14-10-11(3)23-24(14)18-20-12(4)13(6-2)15(25)22-18/h10H,5-9H2,1-4H3,(H,19,26)(H,21,27)(H,20,22,25). The van der Waals surface area contributed by atoms with Crippen LogP contribution in [-0.4, -0.2) is 38.1 Å². The number of H-pyrrole nitrogens is 1. The van der Waals surface area contributed by atoms with E-state index in [-0.39, 0.29) is 17.3 Å². The molecular formula is C18H26N6O3. The molecule has 0 bridgehead atoms. The molecule has 146 valence electrons. The molecule has 0 fully saturated rings. The van der Waals surface area contributed by atoms with Gasteiger partial charge >= 0.3 is 11.8 Å². The van der Waals surface area contributed by atoms with Gasteiger partial charge in [0.15, 0.2) is 0 Å². The van der Waals surface area contributed by atoms with Gasteiger partial charge in [0.05, 0.1) is 5.69 Å². The molecule has 2 aromatic heterocycles. The number of carbonyl (C=O) groups excluding carboxylic acids is 2. The normalized spacial score (nSPS) is 10.7. The molecule has 0 unspecified atom stereocenters. The van der Waals surface area contributed by atoms with Crippen LogP contribution in [0.4, 0.5) is 5.82 Å². The smallest absolute Gasteiger partial charge is 0.314 e. The van der Waals surface area contributed by atoms with Gasteiger partial charge < -0.3 is 10.6 Å². The molecule has 0 aromatic carbocycles. The molecule has 0 saturated carbocycles. The number of carbonyl (C=O) groups is 2. The van der Waals surface area contributed by atoms with Gasteiger partial charge in [0.1, 0.15) is 5.82 Å². The summed E-state index contributed by atoms with van der Waals surface area (Å²) in [6.45, 7) is 7.87. The van der Waals surface area contributed by atoms with Gasteiger partial charge in [-0.2, -0.15) is 9.78 Å². The minimum absolute atomic E-state index is 0.182. The van der Waals surface area contributed by atoms with E-state index in [4.69, 9.17) is 0 Å². The molecule has 0 aliphatic carbocycles. The van der Waals surface area contributed by atoms with Gasteiger partial charge in [0, 0.05) is 23.9 Å². The Balaban J connectivity index is 2.20. The maximum absolute atomic E-state index is 12.2. The fraction of sp³-hybridized carbons (Fsp3) is 0.500. The largest absolute Gasteiger partial charge is 0.348 e. The van der Waals surface area contributed by atoms with Gasteiger partial charge in [-0.15, -0.1) is 0 Å². The molecule has 0 saturated heterocycles. The molecule has 2 amide bonds. The minimum Gasteiger partial charge on any atom is -0.348 e. The van der Waals surface area contributed by atoms with Crippen LogP contribution in [0.3, 0.4) is 0 Å². The Morgan fingerprint density at radius 1 is 1.19 bits per heavy atom. The Morgan fingerprint density at radius 2 is 1.93 bits per heavy atom. The van der Waals surface area contributed by atoms with E-state index in [9.17, 15) is 14.4 Å². The van der Waals surface area contributed by atoms with Crippen LogP contribution < -0.4 is 16.2 Å². The van der Waals surface area contributed by atoms with E-state index in [1.54, 1.807) is 19.9 Å². The van der Waals surface area contributed by atoms with Crippen molar-refractivity contribution in [3.8, 4) is 5.95 Å². The summed E-state index contributed by atoms with van der Waals surface area (Å²) in [4.78, 5) is 43.3. The minimum atomic E-state index is -0.795. The summed E-state index contributed by atoms with van der Waals surface area (Å²) in [6.07, 6.45) is 3.40. The number of nitrogens with zero attached hydrogens (tertiary/aromatic N) is 3. The summed E-state index contributed by atoms with van der Waals surface area (Å²) >= 11 is 0. The second kappa shape index (κ2) is 9.11. The molecule has 0 radical (unpaired) electrons. The first kappa shape index (κ1) is 20.3. The maximum atomic E-state index is 12.2. The summed E-state index contributed by atoms with van der Waals surface area (Å²) in [5, 5.41) is 9.36. The van der Waals surface area contributed by atoms with Crippen LogP contribution in [0.1, 0.15) is 50.1 Å². The van der Waals surface area contributed by atoms with Crippen LogP contribution >= 0.6 is 0 Å². The third kappa shape index (κ3) is 5.02. The Kier molecular flexibility index (Phi) is 6.86. The topological polar surface area (TPSA) is 122 Å². The molecule has 2 rings (SSSR count). The number of aromatic nitrogens is 4. The molecule has 3 N–H and O–H groups in total. The average molecular weight is 374 g/mol. The first-order valence-electron chi connectivity index (χ1n) is 9.13. The van der Waals surface area contributed by atoms with Crippen LogP contribution in [0.2, 0.25) is 0 Å². The van der Waals surface area contributed by atoms with E-state index in [1.807, 2.05) is 6.92 Å². The van der Waals surface area contributed by atoms with Gasteiger partial charge in [-0.3, -0.25) is 19.4 Å². The SMILES string of the molecule is CCCCCNC(=O)C(=O)Nc1cc(C)nn1-c1nc(C)c(CC)c(=O)[nH]1. The fourth-order valence-electron chi connectivity index (χ4n) is 2.69. The van der Waals surface area contributed by atoms with Crippen LogP contribution in [0.15, 0.2) is 10.9 Å². The van der Waals surface area contributed by atoms with Gasteiger partial charge in [-0.1, -0.05) is 26.7 Å². The predicted octanol–water partition coefficient (Wildman–Crippen LogP) is 1.38. The van der Waals surface area contributed by atoms with Crippen molar-refractivity contribution < 1.29 is 9.59 Å². The van der Waals surface area contributed by atoms with Crippen LogP contribution in [0, 0.1) is 13.8 Å². The first-order valence-corrected chi connectivity index (χ1v) is 9.13. The van der Waals surface area contributed by atoms with Crippen LogP contribution in [-0.2, 0) is 16.0 Å².